The normalized spacial score (nSPS) is 29.6. The largest absolute Gasteiger partial charge is 0.466 e. The van der Waals surface area contributed by atoms with Gasteiger partial charge in [0.25, 0.3) is 0 Å². The molecule has 0 aromatic heterocycles. The second kappa shape index (κ2) is 11.0. The lowest BCUT2D eigenvalue weighted by molar-refractivity contribution is -0.159. The number of ether oxygens (including phenoxy) is 2. The second-order valence-electron chi connectivity index (χ2n) is 10.5. The third kappa shape index (κ3) is 4.83. The van der Waals surface area contributed by atoms with Gasteiger partial charge < -0.3 is 13.9 Å². The van der Waals surface area contributed by atoms with Crippen molar-refractivity contribution in [1.82, 2.24) is 0 Å². The average Bonchev–Trinajstić information content (AvgIpc) is 3.00. The first-order chi connectivity index (χ1) is 14.2. The molecule has 4 unspecified atom stereocenters. The Labute approximate surface area is 186 Å². The fourth-order valence-corrected chi connectivity index (χ4v) is 12.5. The Kier molecular flexibility index (Phi) is 9.45. The molecule has 0 spiro atoms. The molecule has 2 rings (SSSR count). The van der Waals surface area contributed by atoms with Crippen LogP contribution in [0.15, 0.2) is 0 Å². The van der Waals surface area contributed by atoms with Gasteiger partial charge in [0.2, 0.25) is 8.32 Å². The lowest BCUT2D eigenvalue weighted by atomic mass is 9.73. The lowest BCUT2D eigenvalue weighted by Gasteiger charge is -2.53. The van der Waals surface area contributed by atoms with E-state index in [-0.39, 0.29) is 18.0 Å². The van der Waals surface area contributed by atoms with E-state index in [4.69, 9.17) is 13.9 Å². The van der Waals surface area contributed by atoms with Crippen LogP contribution >= 0.6 is 0 Å². The van der Waals surface area contributed by atoms with Crippen LogP contribution < -0.4 is 0 Å². The second-order valence-corrected chi connectivity index (χ2v) is 15.9. The highest BCUT2D eigenvalue weighted by Crippen LogP contribution is 2.57. The van der Waals surface area contributed by atoms with E-state index in [1.165, 1.54) is 6.42 Å². The van der Waals surface area contributed by atoms with Crippen LogP contribution in [0, 0.1) is 11.8 Å². The molecule has 2 aliphatic carbocycles. The number of hydrogen-bond donors (Lipinski definition) is 0. The van der Waals surface area contributed by atoms with Gasteiger partial charge >= 0.3 is 5.97 Å². The van der Waals surface area contributed by atoms with Gasteiger partial charge in [-0.05, 0) is 49.2 Å². The topological polar surface area (TPSA) is 44.8 Å². The minimum Gasteiger partial charge on any atom is -0.466 e. The van der Waals surface area contributed by atoms with Crippen LogP contribution in [0.3, 0.4) is 0 Å². The summed E-state index contributed by atoms with van der Waals surface area (Å²) in [7, 11) is -2.15. The highest BCUT2D eigenvalue weighted by atomic mass is 28.4. The van der Waals surface area contributed by atoms with Gasteiger partial charge in [-0.15, -0.1) is 0 Å². The maximum atomic E-state index is 13.2. The van der Waals surface area contributed by atoms with Gasteiger partial charge in [0, 0.05) is 12.5 Å². The first-order valence-corrected chi connectivity index (χ1v) is 14.8. The Hall–Kier alpha value is -0.393. The zero-order valence-corrected chi connectivity index (χ0v) is 22.0. The first kappa shape index (κ1) is 25.9. The molecular weight excluding hydrogens is 392 g/mol. The van der Waals surface area contributed by atoms with Crippen molar-refractivity contribution in [3.8, 4) is 0 Å². The molecule has 4 nitrogen and oxygen atoms in total. The zero-order chi connectivity index (χ0) is 22.5. The summed E-state index contributed by atoms with van der Waals surface area (Å²) in [6.07, 6.45) is 7.48. The maximum absolute atomic E-state index is 13.2. The van der Waals surface area contributed by atoms with Crippen LogP contribution in [0.4, 0.5) is 0 Å². The molecule has 0 aromatic rings. The van der Waals surface area contributed by atoms with Crippen LogP contribution in [0.2, 0.25) is 16.6 Å². The quantitative estimate of drug-likeness (QED) is 0.200. The molecule has 0 radical (unpaired) electrons. The molecule has 0 aliphatic heterocycles. The van der Waals surface area contributed by atoms with Crippen molar-refractivity contribution < 1.29 is 18.7 Å². The van der Waals surface area contributed by atoms with Gasteiger partial charge in [-0.3, -0.25) is 4.79 Å². The molecule has 5 heteroatoms. The smallest absolute Gasteiger partial charge is 0.311 e. The van der Waals surface area contributed by atoms with E-state index in [0.29, 0.717) is 29.1 Å². The number of fused-ring (bicyclic) bond motifs is 1. The molecule has 0 amide bonds. The van der Waals surface area contributed by atoms with E-state index in [1.807, 2.05) is 6.92 Å². The summed E-state index contributed by atoms with van der Waals surface area (Å²) in [5.41, 5.74) is 1.08. The van der Waals surface area contributed by atoms with E-state index < -0.39 is 13.9 Å². The third-order valence-electron chi connectivity index (χ3n) is 7.94. The summed E-state index contributed by atoms with van der Waals surface area (Å²) in [4.78, 5) is 13.2. The van der Waals surface area contributed by atoms with Crippen LogP contribution in [-0.2, 0) is 18.7 Å². The standard InChI is InChI=1S/C25H48O4Si/c1-9-11-16-28-23-17-22(24(26)27-10-2)25(15-13-12-14-21(23)25)29-30(18(3)4,19(5)6)20(7)8/h18-23H,9-17H2,1-8H3. The summed E-state index contributed by atoms with van der Waals surface area (Å²) >= 11 is 0. The molecule has 0 bridgehead atoms. The first-order valence-electron chi connectivity index (χ1n) is 12.7. The van der Waals surface area contributed by atoms with Gasteiger partial charge in [0.15, 0.2) is 0 Å². The number of esters is 1. The Morgan fingerprint density at radius 3 is 2.20 bits per heavy atom. The number of unbranched alkanes of at least 4 members (excludes halogenated alkanes) is 1. The molecule has 0 aromatic carbocycles. The van der Waals surface area contributed by atoms with Crippen LogP contribution in [-0.4, -0.2) is 39.2 Å². The summed E-state index contributed by atoms with van der Waals surface area (Å²) in [5, 5.41) is 0. The van der Waals surface area contributed by atoms with Crippen molar-refractivity contribution in [2.24, 2.45) is 11.8 Å². The molecule has 176 valence electrons. The average molecular weight is 441 g/mol. The Balaban J connectivity index is 2.50. The van der Waals surface area contributed by atoms with Crippen molar-refractivity contribution in [3.05, 3.63) is 0 Å². The number of carbonyl (C=O) groups excluding carboxylic acids is 1. The van der Waals surface area contributed by atoms with E-state index in [1.54, 1.807) is 0 Å². The van der Waals surface area contributed by atoms with Crippen molar-refractivity contribution in [3.63, 3.8) is 0 Å². The number of rotatable bonds is 11. The summed E-state index contributed by atoms with van der Waals surface area (Å²) < 4.78 is 19.6. The minimum absolute atomic E-state index is 0.0647. The molecule has 2 saturated carbocycles. The monoisotopic (exact) mass is 440 g/mol. The highest BCUT2D eigenvalue weighted by Gasteiger charge is 2.64. The molecule has 4 atom stereocenters. The van der Waals surface area contributed by atoms with Crippen molar-refractivity contribution in [2.45, 2.75) is 129 Å². The zero-order valence-electron chi connectivity index (χ0n) is 21.0. The van der Waals surface area contributed by atoms with Gasteiger partial charge in [-0.25, -0.2) is 0 Å². The highest BCUT2D eigenvalue weighted by molar-refractivity contribution is 6.77. The van der Waals surface area contributed by atoms with Crippen LogP contribution in [0.25, 0.3) is 0 Å². The van der Waals surface area contributed by atoms with E-state index in [0.717, 1.165) is 45.1 Å². The lowest BCUT2D eigenvalue weighted by Crippen LogP contribution is -2.60. The summed E-state index contributed by atoms with van der Waals surface area (Å²) in [6, 6.07) is 0. The SMILES string of the molecule is CCCCOC1CC(C(=O)OCC)C2(O[Si](C(C)C)(C(C)C)C(C)C)CCCCC12. The van der Waals surface area contributed by atoms with Gasteiger partial charge in [0.1, 0.15) is 0 Å². The number of carbonyl (C=O) groups is 1. The van der Waals surface area contributed by atoms with E-state index in [2.05, 4.69) is 48.5 Å². The Morgan fingerprint density at radius 2 is 1.67 bits per heavy atom. The predicted octanol–water partition coefficient (Wildman–Crippen LogP) is 6.88. The molecule has 0 saturated heterocycles. The van der Waals surface area contributed by atoms with Crippen molar-refractivity contribution in [1.29, 1.82) is 0 Å². The molecule has 2 fully saturated rings. The molecule has 0 heterocycles. The van der Waals surface area contributed by atoms with Gasteiger partial charge in [-0.2, -0.15) is 0 Å². The fourth-order valence-electron chi connectivity index (χ4n) is 6.71. The van der Waals surface area contributed by atoms with Gasteiger partial charge in [-0.1, -0.05) is 67.7 Å². The van der Waals surface area contributed by atoms with Crippen LogP contribution in [0.5, 0.6) is 0 Å². The van der Waals surface area contributed by atoms with Crippen molar-refractivity contribution in [2.75, 3.05) is 13.2 Å². The van der Waals surface area contributed by atoms with E-state index in [9.17, 15) is 4.79 Å². The fraction of sp³-hybridized carbons (Fsp3) is 0.960. The van der Waals surface area contributed by atoms with Crippen LogP contribution in [0.1, 0.15) is 100 Å². The Morgan fingerprint density at radius 1 is 1.03 bits per heavy atom. The molecular formula is C25H48O4Si. The predicted molar refractivity (Wildman–Crippen MR) is 126 cm³/mol. The third-order valence-corrected chi connectivity index (χ3v) is 14.1. The molecule has 30 heavy (non-hydrogen) atoms. The van der Waals surface area contributed by atoms with Crippen molar-refractivity contribution >= 4 is 14.3 Å². The van der Waals surface area contributed by atoms with E-state index >= 15 is 0 Å². The van der Waals surface area contributed by atoms with Gasteiger partial charge in [0.05, 0.1) is 24.2 Å². The summed E-state index contributed by atoms with van der Waals surface area (Å²) in [5.74, 6) is 0.0447. The number of hydrogen-bond acceptors (Lipinski definition) is 4. The Bertz CT molecular complexity index is 525. The molecule has 0 N–H and O–H groups in total. The summed E-state index contributed by atoms with van der Waals surface area (Å²) in [6.45, 7) is 19.3. The molecule has 2 aliphatic rings. The minimum atomic E-state index is -2.15. The maximum Gasteiger partial charge on any atom is 0.311 e.